The van der Waals surface area contributed by atoms with E-state index in [0.717, 1.165) is 49.7 Å². The fourth-order valence-electron chi connectivity index (χ4n) is 2.27. The molecule has 2 aromatic rings. The van der Waals surface area contributed by atoms with Crippen molar-refractivity contribution in [3.63, 3.8) is 0 Å². The van der Waals surface area contributed by atoms with Gasteiger partial charge in [-0.3, -0.25) is 4.90 Å². The van der Waals surface area contributed by atoms with E-state index in [2.05, 4.69) is 15.4 Å². The number of piperazine rings is 1. The van der Waals surface area contributed by atoms with Crippen molar-refractivity contribution >= 4 is 11.6 Å². The summed E-state index contributed by atoms with van der Waals surface area (Å²) in [5.74, 6) is 0.886. The third-order valence-corrected chi connectivity index (χ3v) is 3.63. The monoisotopic (exact) mass is 277 g/mol. The van der Waals surface area contributed by atoms with E-state index in [1.165, 1.54) is 0 Å². The lowest BCUT2D eigenvalue weighted by molar-refractivity contribution is 0.207. The Morgan fingerprint density at radius 2 is 2.05 bits per heavy atom. The van der Waals surface area contributed by atoms with Crippen LogP contribution in [-0.4, -0.2) is 36.2 Å². The van der Waals surface area contributed by atoms with E-state index in [1.807, 2.05) is 30.3 Å². The largest absolute Gasteiger partial charge is 0.359 e. The van der Waals surface area contributed by atoms with Crippen LogP contribution in [0.4, 0.5) is 0 Å². The maximum absolute atomic E-state index is 6.16. The van der Waals surface area contributed by atoms with Crippen molar-refractivity contribution < 1.29 is 4.52 Å². The minimum Gasteiger partial charge on any atom is -0.359 e. The molecule has 100 valence electrons. The molecule has 1 aromatic carbocycles. The molecular weight excluding hydrogens is 262 g/mol. The molecule has 0 saturated carbocycles. The van der Waals surface area contributed by atoms with Gasteiger partial charge in [-0.1, -0.05) is 35.0 Å². The molecule has 1 fully saturated rings. The van der Waals surface area contributed by atoms with Gasteiger partial charge in [0.1, 0.15) is 5.69 Å². The van der Waals surface area contributed by atoms with Crippen LogP contribution in [0.2, 0.25) is 5.02 Å². The Morgan fingerprint density at radius 3 is 2.84 bits per heavy atom. The molecule has 1 aliphatic heterocycles. The molecule has 2 heterocycles. The number of hydrogen-bond donors (Lipinski definition) is 1. The molecule has 5 heteroatoms. The summed E-state index contributed by atoms with van der Waals surface area (Å²) in [5, 5.41) is 8.14. The Balaban J connectivity index is 1.74. The van der Waals surface area contributed by atoms with Crippen LogP contribution in [-0.2, 0) is 6.54 Å². The van der Waals surface area contributed by atoms with Crippen LogP contribution in [0.25, 0.3) is 11.3 Å². The van der Waals surface area contributed by atoms with Gasteiger partial charge in [0.15, 0.2) is 5.76 Å². The summed E-state index contributed by atoms with van der Waals surface area (Å²) in [5.41, 5.74) is 1.72. The highest BCUT2D eigenvalue weighted by atomic mass is 35.5. The SMILES string of the molecule is Clc1ccccc1-c1cc(CN2CCNCC2)on1. The van der Waals surface area contributed by atoms with Crippen molar-refractivity contribution in [1.82, 2.24) is 15.4 Å². The summed E-state index contributed by atoms with van der Waals surface area (Å²) in [7, 11) is 0. The quantitative estimate of drug-likeness (QED) is 0.935. The third kappa shape index (κ3) is 2.97. The Bertz CT molecular complexity index is 549. The summed E-state index contributed by atoms with van der Waals surface area (Å²) >= 11 is 6.16. The predicted octanol–water partition coefficient (Wildman–Crippen LogP) is 2.40. The van der Waals surface area contributed by atoms with E-state index in [-0.39, 0.29) is 0 Å². The van der Waals surface area contributed by atoms with Gasteiger partial charge in [-0.05, 0) is 6.07 Å². The zero-order valence-corrected chi connectivity index (χ0v) is 11.4. The van der Waals surface area contributed by atoms with E-state index in [4.69, 9.17) is 16.1 Å². The summed E-state index contributed by atoms with van der Waals surface area (Å²) in [6, 6.07) is 9.65. The first-order valence-electron chi connectivity index (χ1n) is 6.46. The molecule has 1 aromatic heterocycles. The number of nitrogens with one attached hydrogen (secondary N) is 1. The summed E-state index contributed by atoms with van der Waals surface area (Å²) < 4.78 is 5.41. The highest BCUT2D eigenvalue weighted by Crippen LogP contribution is 2.27. The lowest BCUT2D eigenvalue weighted by Crippen LogP contribution is -2.42. The van der Waals surface area contributed by atoms with Gasteiger partial charge in [-0.25, -0.2) is 0 Å². The van der Waals surface area contributed by atoms with Gasteiger partial charge in [0.25, 0.3) is 0 Å². The van der Waals surface area contributed by atoms with Crippen molar-refractivity contribution in [1.29, 1.82) is 0 Å². The highest BCUT2D eigenvalue weighted by Gasteiger charge is 2.14. The summed E-state index contributed by atoms with van der Waals surface area (Å²) in [6.45, 7) is 4.96. The number of benzene rings is 1. The number of aromatic nitrogens is 1. The molecule has 0 bridgehead atoms. The number of rotatable bonds is 3. The first-order chi connectivity index (χ1) is 9.33. The average molecular weight is 278 g/mol. The number of nitrogens with zero attached hydrogens (tertiary/aromatic N) is 2. The van der Waals surface area contributed by atoms with Crippen LogP contribution in [0.5, 0.6) is 0 Å². The topological polar surface area (TPSA) is 41.3 Å². The molecule has 0 atom stereocenters. The van der Waals surface area contributed by atoms with E-state index < -0.39 is 0 Å². The van der Waals surface area contributed by atoms with Gasteiger partial charge in [-0.2, -0.15) is 0 Å². The lowest BCUT2D eigenvalue weighted by atomic mass is 10.1. The van der Waals surface area contributed by atoms with Crippen LogP contribution >= 0.6 is 11.6 Å². The van der Waals surface area contributed by atoms with Crippen LogP contribution in [0.3, 0.4) is 0 Å². The standard InChI is InChI=1S/C14H16ClN3O/c15-13-4-2-1-3-12(13)14-9-11(19-17-14)10-18-7-5-16-6-8-18/h1-4,9,16H,5-8,10H2. The minimum atomic E-state index is 0.699. The molecule has 0 radical (unpaired) electrons. The van der Waals surface area contributed by atoms with Crippen LogP contribution < -0.4 is 5.32 Å². The molecule has 0 unspecified atom stereocenters. The van der Waals surface area contributed by atoms with Gasteiger partial charge in [0, 0.05) is 37.8 Å². The number of hydrogen-bond acceptors (Lipinski definition) is 4. The second-order valence-electron chi connectivity index (χ2n) is 4.68. The highest BCUT2D eigenvalue weighted by molar-refractivity contribution is 6.33. The Kier molecular flexibility index (Phi) is 3.82. The molecule has 19 heavy (non-hydrogen) atoms. The summed E-state index contributed by atoms with van der Waals surface area (Å²) in [4.78, 5) is 2.35. The van der Waals surface area contributed by atoms with Gasteiger partial charge in [0.05, 0.1) is 11.6 Å². The smallest absolute Gasteiger partial charge is 0.151 e. The van der Waals surface area contributed by atoms with Gasteiger partial charge in [0.2, 0.25) is 0 Å². The van der Waals surface area contributed by atoms with Crippen LogP contribution in [0, 0.1) is 0 Å². The fourth-order valence-corrected chi connectivity index (χ4v) is 2.51. The molecule has 1 aliphatic rings. The molecule has 4 nitrogen and oxygen atoms in total. The van der Waals surface area contributed by atoms with Crippen molar-refractivity contribution in [2.75, 3.05) is 26.2 Å². The third-order valence-electron chi connectivity index (χ3n) is 3.30. The first kappa shape index (κ1) is 12.7. The lowest BCUT2D eigenvalue weighted by Gasteiger charge is -2.25. The average Bonchev–Trinajstić information content (AvgIpc) is 2.89. The fraction of sp³-hybridized carbons (Fsp3) is 0.357. The van der Waals surface area contributed by atoms with Crippen molar-refractivity contribution in [2.45, 2.75) is 6.54 Å². The van der Waals surface area contributed by atoms with Crippen molar-refractivity contribution in [3.8, 4) is 11.3 Å². The van der Waals surface area contributed by atoms with Gasteiger partial charge >= 0.3 is 0 Å². The Morgan fingerprint density at radius 1 is 1.26 bits per heavy atom. The van der Waals surface area contributed by atoms with E-state index >= 15 is 0 Å². The van der Waals surface area contributed by atoms with Crippen LogP contribution in [0.1, 0.15) is 5.76 Å². The van der Waals surface area contributed by atoms with E-state index in [0.29, 0.717) is 5.02 Å². The van der Waals surface area contributed by atoms with Crippen molar-refractivity contribution in [3.05, 3.63) is 41.1 Å². The zero-order chi connectivity index (χ0) is 13.1. The second-order valence-corrected chi connectivity index (χ2v) is 5.09. The molecule has 0 aliphatic carbocycles. The molecular formula is C14H16ClN3O. The Labute approximate surface area is 117 Å². The maximum atomic E-state index is 6.16. The number of halogens is 1. The minimum absolute atomic E-state index is 0.699. The Hall–Kier alpha value is -1.36. The van der Waals surface area contributed by atoms with Crippen LogP contribution in [0.15, 0.2) is 34.9 Å². The second kappa shape index (κ2) is 5.74. The van der Waals surface area contributed by atoms with Gasteiger partial charge in [-0.15, -0.1) is 0 Å². The molecule has 3 rings (SSSR count). The van der Waals surface area contributed by atoms with E-state index in [9.17, 15) is 0 Å². The molecule has 0 amide bonds. The normalized spacial score (nSPS) is 16.7. The predicted molar refractivity (Wildman–Crippen MR) is 75.1 cm³/mol. The van der Waals surface area contributed by atoms with E-state index in [1.54, 1.807) is 0 Å². The van der Waals surface area contributed by atoms with Crippen molar-refractivity contribution in [2.24, 2.45) is 0 Å². The summed E-state index contributed by atoms with van der Waals surface area (Å²) in [6.07, 6.45) is 0. The molecule has 1 saturated heterocycles. The van der Waals surface area contributed by atoms with Gasteiger partial charge < -0.3 is 9.84 Å². The molecule has 1 N–H and O–H groups in total. The molecule has 0 spiro atoms. The maximum Gasteiger partial charge on any atom is 0.151 e. The first-order valence-corrected chi connectivity index (χ1v) is 6.84. The zero-order valence-electron chi connectivity index (χ0n) is 10.6.